The van der Waals surface area contributed by atoms with E-state index in [0.29, 0.717) is 35.3 Å². The summed E-state index contributed by atoms with van der Waals surface area (Å²) < 4.78 is 10.8. The van der Waals surface area contributed by atoms with Crippen LogP contribution in [0.3, 0.4) is 0 Å². The molecule has 0 aliphatic rings. The summed E-state index contributed by atoms with van der Waals surface area (Å²) in [6.07, 6.45) is 2.01. The molecule has 0 saturated heterocycles. The van der Waals surface area contributed by atoms with Crippen LogP contribution in [0.2, 0.25) is 5.02 Å². The van der Waals surface area contributed by atoms with Crippen molar-refractivity contribution in [1.82, 2.24) is 15.2 Å². The second-order valence-electron chi connectivity index (χ2n) is 5.00. The fourth-order valence-electron chi connectivity index (χ4n) is 1.98. The van der Waals surface area contributed by atoms with Gasteiger partial charge in [0.15, 0.2) is 0 Å². The lowest BCUT2D eigenvalue weighted by Gasteiger charge is -2.17. The first-order valence-corrected chi connectivity index (χ1v) is 7.55. The second kappa shape index (κ2) is 8.50. The van der Waals surface area contributed by atoms with E-state index in [2.05, 4.69) is 20.5 Å². The molecule has 1 aromatic heterocycles. The van der Waals surface area contributed by atoms with Crippen LogP contribution in [0.25, 0.3) is 0 Å². The fourth-order valence-corrected chi connectivity index (χ4v) is 2.16. The number of hydrogen-bond donors (Lipinski definition) is 2. The van der Waals surface area contributed by atoms with Gasteiger partial charge in [0.05, 0.1) is 12.3 Å². The number of carbonyl (C=O) groups is 1. The van der Waals surface area contributed by atoms with Gasteiger partial charge < -0.3 is 14.8 Å². The number of halogens is 1. The van der Waals surface area contributed by atoms with Crippen LogP contribution >= 0.6 is 11.6 Å². The third kappa shape index (κ3) is 5.54. The maximum atomic E-state index is 12.1. The van der Waals surface area contributed by atoms with Crippen molar-refractivity contribution < 1.29 is 14.3 Å². The largest absolute Gasteiger partial charge is 0.486 e. The van der Waals surface area contributed by atoms with Gasteiger partial charge in [-0.1, -0.05) is 11.6 Å². The molecule has 0 bridgehead atoms. The molecule has 2 rings (SSSR count). The van der Waals surface area contributed by atoms with Crippen LogP contribution in [0, 0.1) is 0 Å². The van der Waals surface area contributed by atoms with E-state index in [1.807, 2.05) is 6.92 Å². The molecule has 23 heavy (non-hydrogen) atoms. The number of H-pyrrole nitrogens is 1. The maximum Gasteiger partial charge on any atom is 0.224 e. The van der Waals surface area contributed by atoms with Gasteiger partial charge in [-0.05, 0) is 25.1 Å². The molecule has 1 atom stereocenters. The average molecular weight is 339 g/mol. The van der Waals surface area contributed by atoms with E-state index in [1.165, 1.54) is 6.33 Å². The molecule has 124 valence electrons. The second-order valence-corrected chi connectivity index (χ2v) is 5.44. The minimum Gasteiger partial charge on any atom is -0.486 e. The molecule has 1 aromatic carbocycles. The molecule has 2 aromatic rings. The van der Waals surface area contributed by atoms with E-state index < -0.39 is 0 Å². The third-order valence-corrected chi connectivity index (χ3v) is 3.23. The summed E-state index contributed by atoms with van der Waals surface area (Å²) in [5.74, 6) is 1.05. The number of aromatic nitrogens is 3. The summed E-state index contributed by atoms with van der Waals surface area (Å²) in [5.41, 5.74) is 0.531. The molecule has 0 saturated carbocycles. The zero-order chi connectivity index (χ0) is 16.7. The molecular formula is C15H19ClN4O3. The number of anilines is 1. The minimum atomic E-state index is -0.159. The molecule has 1 unspecified atom stereocenters. The van der Waals surface area contributed by atoms with Gasteiger partial charge in [-0.2, -0.15) is 5.10 Å². The van der Waals surface area contributed by atoms with Crippen molar-refractivity contribution in [2.45, 2.75) is 25.9 Å². The van der Waals surface area contributed by atoms with Gasteiger partial charge in [-0.3, -0.25) is 9.89 Å². The van der Waals surface area contributed by atoms with Gasteiger partial charge in [0.1, 0.15) is 24.0 Å². The Morgan fingerprint density at radius 2 is 2.30 bits per heavy atom. The van der Waals surface area contributed by atoms with Crippen LogP contribution in [0.5, 0.6) is 5.75 Å². The van der Waals surface area contributed by atoms with Crippen molar-refractivity contribution in [3.8, 4) is 5.75 Å². The number of hydrogen-bond acceptors (Lipinski definition) is 5. The van der Waals surface area contributed by atoms with Crippen molar-refractivity contribution in [1.29, 1.82) is 0 Å². The summed E-state index contributed by atoms with van der Waals surface area (Å²) in [6.45, 7) is 2.33. The maximum absolute atomic E-state index is 12.1. The molecule has 2 N–H and O–H groups in total. The SMILES string of the molecule is COCC(C)Oc1ccc(Cl)cc1NC(=O)CCc1ncn[nH]1. The summed E-state index contributed by atoms with van der Waals surface area (Å²) in [5, 5.41) is 9.79. The molecule has 8 heteroatoms. The van der Waals surface area contributed by atoms with Gasteiger partial charge in [0.25, 0.3) is 0 Å². The summed E-state index contributed by atoms with van der Waals surface area (Å²) in [4.78, 5) is 16.1. The van der Waals surface area contributed by atoms with Crippen LogP contribution in [0.1, 0.15) is 19.2 Å². The number of nitrogens with one attached hydrogen (secondary N) is 2. The molecule has 7 nitrogen and oxygen atoms in total. The van der Waals surface area contributed by atoms with Crippen molar-refractivity contribution in [3.63, 3.8) is 0 Å². The first-order chi connectivity index (χ1) is 11.1. The lowest BCUT2D eigenvalue weighted by Crippen LogP contribution is -2.20. The first kappa shape index (κ1) is 17.2. The Morgan fingerprint density at radius 1 is 1.48 bits per heavy atom. The summed E-state index contributed by atoms with van der Waals surface area (Å²) in [6, 6.07) is 5.09. The van der Waals surface area contributed by atoms with Gasteiger partial charge >= 0.3 is 0 Å². The number of aryl methyl sites for hydroxylation is 1. The highest BCUT2D eigenvalue weighted by atomic mass is 35.5. The predicted octanol–water partition coefficient (Wildman–Crippen LogP) is 2.44. The molecule has 0 spiro atoms. The lowest BCUT2D eigenvalue weighted by molar-refractivity contribution is -0.116. The zero-order valence-electron chi connectivity index (χ0n) is 13.0. The van der Waals surface area contributed by atoms with Crippen LogP contribution in [-0.4, -0.2) is 40.9 Å². The Hall–Kier alpha value is -2.12. The van der Waals surface area contributed by atoms with Crippen LogP contribution in [0.4, 0.5) is 5.69 Å². The quantitative estimate of drug-likeness (QED) is 0.771. The van der Waals surface area contributed by atoms with E-state index in [0.717, 1.165) is 0 Å². The molecular weight excluding hydrogens is 320 g/mol. The Morgan fingerprint density at radius 3 is 3.00 bits per heavy atom. The number of benzene rings is 1. The molecule has 0 fully saturated rings. The van der Waals surface area contributed by atoms with E-state index in [1.54, 1.807) is 25.3 Å². The predicted molar refractivity (Wildman–Crippen MR) is 86.8 cm³/mol. The number of rotatable bonds is 8. The van der Waals surface area contributed by atoms with E-state index in [4.69, 9.17) is 21.1 Å². The van der Waals surface area contributed by atoms with Crippen molar-refractivity contribution in [2.75, 3.05) is 19.0 Å². The molecule has 1 heterocycles. The van der Waals surface area contributed by atoms with Gasteiger partial charge in [-0.15, -0.1) is 0 Å². The monoisotopic (exact) mass is 338 g/mol. The topological polar surface area (TPSA) is 89.1 Å². The fraction of sp³-hybridized carbons (Fsp3) is 0.400. The van der Waals surface area contributed by atoms with Crippen molar-refractivity contribution >= 4 is 23.2 Å². The van der Waals surface area contributed by atoms with Crippen molar-refractivity contribution in [2.24, 2.45) is 0 Å². The lowest BCUT2D eigenvalue weighted by atomic mass is 10.2. The zero-order valence-corrected chi connectivity index (χ0v) is 13.8. The first-order valence-electron chi connectivity index (χ1n) is 7.17. The van der Waals surface area contributed by atoms with Crippen molar-refractivity contribution in [3.05, 3.63) is 35.4 Å². The standard InChI is InChI=1S/C15H19ClN4O3/c1-10(8-22-2)23-13-4-3-11(16)7-12(13)19-15(21)6-5-14-17-9-18-20-14/h3-4,7,9-10H,5-6,8H2,1-2H3,(H,19,21)(H,17,18,20). The summed E-state index contributed by atoms with van der Waals surface area (Å²) >= 11 is 6.00. The number of ether oxygens (including phenoxy) is 2. The Kier molecular flexibility index (Phi) is 6.37. The highest BCUT2D eigenvalue weighted by molar-refractivity contribution is 6.31. The Labute approximate surface area is 139 Å². The smallest absolute Gasteiger partial charge is 0.224 e. The number of amides is 1. The average Bonchev–Trinajstić information content (AvgIpc) is 3.02. The third-order valence-electron chi connectivity index (χ3n) is 3.00. The van der Waals surface area contributed by atoms with Gasteiger partial charge in [0.2, 0.25) is 5.91 Å². The van der Waals surface area contributed by atoms with Gasteiger partial charge in [0, 0.05) is 25.0 Å². The minimum absolute atomic E-state index is 0.147. The Balaban J connectivity index is 1.99. The highest BCUT2D eigenvalue weighted by Crippen LogP contribution is 2.29. The summed E-state index contributed by atoms with van der Waals surface area (Å²) in [7, 11) is 1.61. The highest BCUT2D eigenvalue weighted by Gasteiger charge is 2.12. The van der Waals surface area contributed by atoms with Crippen LogP contribution < -0.4 is 10.1 Å². The normalized spacial score (nSPS) is 12.0. The molecule has 0 radical (unpaired) electrons. The van der Waals surface area contributed by atoms with E-state index in [-0.39, 0.29) is 18.4 Å². The molecule has 1 amide bonds. The van der Waals surface area contributed by atoms with Crippen LogP contribution in [-0.2, 0) is 16.0 Å². The van der Waals surface area contributed by atoms with E-state index >= 15 is 0 Å². The number of methoxy groups -OCH3 is 1. The van der Waals surface area contributed by atoms with Gasteiger partial charge in [-0.25, -0.2) is 4.98 Å². The van der Waals surface area contributed by atoms with Crippen LogP contribution in [0.15, 0.2) is 24.5 Å². The number of aromatic amines is 1. The molecule has 0 aliphatic heterocycles. The number of nitrogens with zero attached hydrogens (tertiary/aromatic N) is 2. The Bertz CT molecular complexity index is 634. The molecule has 0 aliphatic carbocycles. The number of carbonyl (C=O) groups excluding carboxylic acids is 1. The van der Waals surface area contributed by atoms with E-state index in [9.17, 15) is 4.79 Å².